The van der Waals surface area contributed by atoms with E-state index < -0.39 is 0 Å². The third kappa shape index (κ3) is 4.60. The Hall–Kier alpha value is -1.78. The SMILES string of the molecule is CC1CNCCC1NC(=O)COc1ccc2ccccc2c1.Cl. The summed E-state index contributed by atoms with van der Waals surface area (Å²) in [6.07, 6.45) is 0.975. The summed E-state index contributed by atoms with van der Waals surface area (Å²) in [4.78, 5) is 12.0. The molecule has 1 saturated heterocycles. The molecule has 2 N–H and O–H groups in total. The quantitative estimate of drug-likeness (QED) is 0.904. The first-order chi connectivity index (χ1) is 10.7. The summed E-state index contributed by atoms with van der Waals surface area (Å²) in [5.41, 5.74) is 0. The summed E-state index contributed by atoms with van der Waals surface area (Å²) < 4.78 is 5.63. The van der Waals surface area contributed by atoms with Gasteiger partial charge < -0.3 is 15.4 Å². The van der Waals surface area contributed by atoms with Gasteiger partial charge in [-0.3, -0.25) is 4.79 Å². The van der Waals surface area contributed by atoms with Crippen LogP contribution in [0.15, 0.2) is 42.5 Å². The molecule has 1 amide bonds. The van der Waals surface area contributed by atoms with Gasteiger partial charge in [-0.05, 0) is 48.3 Å². The first kappa shape index (κ1) is 17.6. The molecule has 1 aliphatic heterocycles. The molecule has 2 aromatic carbocycles. The molecular formula is C18H23ClN2O2. The van der Waals surface area contributed by atoms with Crippen LogP contribution in [0, 0.1) is 5.92 Å². The van der Waals surface area contributed by atoms with Crippen LogP contribution in [0.5, 0.6) is 5.75 Å². The van der Waals surface area contributed by atoms with Crippen LogP contribution in [0.3, 0.4) is 0 Å². The van der Waals surface area contributed by atoms with Crippen LogP contribution in [-0.4, -0.2) is 31.6 Å². The fourth-order valence-corrected chi connectivity index (χ4v) is 2.88. The van der Waals surface area contributed by atoms with E-state index in [-0.39, 0.29) is 31.0 Å². The maximum atomic E-state index is 12.0. The second-order valence-electron chi connectivity index (χ2n) is 5.94. The van der Waals surface area contributed by atoms with Gasteiger partial charge in [0.2, 0.25) is 0 Å². The van der Waals surface area contributed by atoms with Gasteiger partial charge in [0, 0.05) is 6.04 Å². The van der Waals surface area contributed by atoms with Gasteiger partial charge in [-0.1, -0.05) is 37.3 Å². The Morgan fingerprint density at radius 1 is 1.26 bits per heavy atom. The number of halogens is 1. The molecule has 4 nitrogen and oxygen atoms in total. The van der Waals surface area contributed by atoms with E-state index in [0.29, 0.717) is 5.92 Å². The van der Waals surface area contributed by atoms with Crippen molar-refractivity contribution in [3.05, 3.63) is 42.5 Å². The monoisotopic (exact) mass is 334 g/mol. The number of hydrogen-bond acceptors (Lipinski definition) is 3. The number of amides is 1. The molecule has 3 rings (SSSR count). The van der Waals surface area contributed by atoms with Crippen molar-refractivity contribution in [2.45, 2.75) is 19.4 Å². The lowest BCUT2D eigenvalue weighted by Crippen LogP contribution is -2.49. The van der Waals surface area contributed by atoms with Crippen LogP contribution < -0.4 is 15.4 Å². The van der Waals surface area contributed by atoms with E-state index in [0.717, 1.165) is 30.6 Å². The Bertz CT molecular complexity index is 662. The Kier molecular flexibility index (Phi) is 6.25. The Labute approximate surface area is 143 Å². The summed E-state index contributed by atoms with van der Waals surface area (Å²) in [7, 11) is 0. The highest BCUT2D eigenvalue weighted by Crippen LogP contribution is 2.20. The summed E-state index contributed by atoms with van der Waals surface area (Å²) >= 11 is 0. The van der Waals surface area contributed by atoms with Crippen molar-refractivity contribution in [3.63, 3.8) is 0 Å². The van der Waals surface area contributed by atoms with Crippen molar-refractivity contribution in [3.8, 4) is 5.75 Å². The van der Waals surface area contributed by atoms with Gasteiger partial charge in [0.15, 0.2) is 6.61 Å². The van der Waals surface area contributed by atoms with E-state index in [4.69, 9.17) is 4.74 Å². The average molecular weight is 335 g/mol. The van der Waals surface area contributed by atoms with Crippen molar-refractivity contribution in [1.82, 2.24) is 10.6 Å². The van der Waals surface area contributed by atoms with Gasteiger partial charge in [0.05, 0.1) is 0 Å². The third-order valence-electron chi connectivity index (χ3n) is 4.22. The zero-order valence-electron chi connectivity index (χ0n) is 13.2. The number of carbonyl (C=O) groups is 1. The summed E-state index contributed by atoms with van der Waals surface area (Å²) in [5, 5.41) is 8.69. The van der Waals surface area contributed by atoms with Crippen LogP contribution >= 0.6 is 12.4 Å². The molecule has 0 aliphatic carbocycles. The molecule has 5 heteroatoms. The van der Waals surface area contributed by atoms with Gasteiger partial charge in [-0.2, -0.15) is 0 Å². The van der Waals surface area contributed by atoms with E-state index in [9.17, 15) is 4.79 Å². The number of hydrogen-bond donors (Lipinski definition) is 2. The van der Waals surface area contributed by atoms with E-state index in [1.54, 1.807) is 0 Å². The molecule has 0 spiro atoms. The van der Waals surface area contributed by atoms with E-state index in [2.05, 4.69) is 23.6 Å². The largest absolute Gasteiger partial charge is 0.484 e. The molecular weight excluding hydrogens is 312 g/mol. The molecule has 23 heavy (non-hydrogen) atoms. The molecule has 1 heterocycles. The standard InChI is InChI=1S/C18H22N2O2.ClH/c1-13-11-19-9-8-17(13)20-18(21)12-22-16-7-6-14-4-2-3-5-15(14)10-16;/h2-7,10,13,17,19H,8-9,11-12H2,1H3,(H,20,21);1H. The van der Waals surface area contributed by atoms with Crippen LogP contribution in [0.4, 0.5) is 0 Å². The highest BCUT2D eigenvalue weighted by molar-refractivity contribution is 5.85. The van der Waals surface area contributed by atoms with Crippen molar-refractivity contribution < 1.29 is 9.53 Å². The van der Waals surface area contributed by atoms with Crippen molar-refractivity contribution in [1.29, 1.82) is 0 Å². The van der Waals surface area contributed by atoms with Crippen LogP contribution in [0.1, 0.15) is 13.3 Å². The lowest BCUT2D eigenvalue weighted by Gasteiger charge is -2.30. The van der Waals surface area contributed by atoms with Crippen molar-refractivity contribution in [2.24, 2.45) is 5.92 Å². The van der Waals surface area contributed by atoms with Crippen molar-refractivity contribution in [2.75, 3.05) is 19.7 Å². The topological polar surface area (TPSA) is 50.4 Å². The normalized spacial score (nSPS) is 20.6. The maximum Gasteiger partial charge on any atom is 0.258 e. The van der Waals surface area contributed by atoms with Crippen LogP contribution in [0.25, 0.3) is 10.8 Å². The molecule has 2 aromatic rings. The minimum atomic E-state index is -0.0492. The highest BCUT2D eigenvalue weighted by Gasteiger charge is 2.22. The predicted molar refractivity (Wildman–Crippen MR) is 95.3 cm³/mol. The zero-order chi connectivity index (χ0) is 15.4. The first-order valence-electron chi connectivity index (χ1n) is 7.84. The molecule has 2 unspecified atom stereocenters. The molecule has 124 valence electrons. The summed E-state index contributed by atoms with van der Waals surface area (Å²) in [6, 6.07) is 14.2. The number of ether oxygens (including phenoxy) is 1. The number of benzene rings is 2. The molecule has 0 aromatic heterocycles. The second-order valence-corrected chi connectivity index (χ2v) is 5.94. The molecule has 0 saturated carbocycles. The number of rotatable bonds is 4. The molecule has 1 aliphatic rings. The molecule has 0 bridgehead atoms. The van der Waals surface area contributed by atoms with Crippen molar-refractivity contribution >= 4 is 29.1 Å². The van der Waals surface area contributed by atoms with Gasteiger partial charge >= 0.3 is 0 Å². The van der Waals surface area contributed by atoms with Gasteiger partial charge in [-0.15, -0.1) is 12.4 Å². The second kappa shape index (κ2) is 8.18. The number of fused-ring (bicyclic) bond motifs is 1. The zero-order valence-corrected chi connectivity index (χ0v) is 14.1. The van der Waals surface area contributed by atoms with E-state index in [1.807, 2.05) is 36.4 Å². The van der Waals surface area contributed by atoms with Crippen LogP contribution in [-0.2, 0) is 4.79 Å². The van der Waals surface area contributed by atoms with Gasteiger partial charge in [-0.25, -0.2) is 0 Å². The molecule has 0 radical (unpaired) electrons. The third-order valence-corrected chi connectivity index (χ3v) is 4.22. The fraction of sp³-hybridized carbons (Fsp3) is 0.389. The average Bonchev–Trinajstić information content (AvgIpc) is 2.55. The predicted octanol–water partition coefficient (Wildman–Crippen LogP) is 2.75. The summed E-state index contributed by atoms with van der Waals surface area (Å²) in [5.74, 6) is 1.14. The number of nitrogens with one attached hydrogen (secondary N) is 2. The number of carbonyl (C=O) groups excluding carboxylic acids is 1. The van der Waals surface area contributed by atoms with Gasteiger partial charge in [0.1, 0.15) is 5.75 Å². The smallest absolute Gasteiger partial charge is 0.258 e. The Balaban J connectivity index is 0.00000192. The molecule has 1 fully saturated rings. The molecule has 2 atom stereocenters. The van der Waals surface area contributed by atoms with Gasteiger partial charge in [0.25, 0.3) is 5.91 Å². The lowest BCUT2D eigenvalue weighted by atomic mass is 9.95. The minimum absolute atomic E-state index is 0. The van der Waals surface area contributed by atoms with Crippen LogP contribution in [0.2, 0.25) is 0 Å². The highest BCUT2D eigenvalue weighted by atomic mass is 35.5. The first-order valence-corrected chi connectivity index (χ1v) is 7.84. The van der Waals surface area contributed by atoms with E-state index in [1.165, 1.54) is 5.39 Å². The Morgan fingerprint density at radius 2 is 2.04 bits per heavy atom. The Morgan fingerprint density at radius 3 is 2.83 bits per heavy atom. The fourth-order valence-electron chi connectivity index (χ4n) is 2.88. The van der Waals surface area contributed by atoms with E-state index >= 15 is 0 Å². The number of piperidine rings is 1. The minimum Gasteiger partial charge on any atom is -0.484 e. The lowest BCUT2D eigenvalue weighted by molar-refractivity contribution is -0.124. The summed E-state index contributed by atoms with van der Waals surface area (Å²) in [6.45, 7) is 4.13. The maximum absolute atomic E-state index is 12.0.